The Bertz CT molecular complexity index is 783. The second-order valence-electron chi connectivity index (χ2n) is 7.75. The van der Waals surface area contributed by atoms with Gasteiger partial charge in [0.1, 0.15) is 17.4 Å². The predicted molar refractivity (Wildman–Crippen MR) is 106 cm³/mol. The standard InChI is InChI=1S/C19H29NO8S/c1-19(2,3)28-18(24)20(11-5-4-6-12-29(25,26)27)16(17(22)23)13-14-7-9-15(21)10-8-14/h7-10,16,21H,4-6,11-13H2,1-3H3,(H,22,23)(H,25,26,27)/t16-/m0/s1. The number of hydrogen-bond acceptors (Lipinski definition) is 6. The number of phenolic OH excluding ortho intramolecular Hbond substituents is 1. The van der Waals surface area contributed by atoms with Gasteiger partial charge in [0.25, 0.3) is 10.1 Å². The van der Waals surface area contributed by atoms with Gasteiger partial charge in [-0.25, -0.2) is 9.59 Å². The van der Waals surface area contributed by atoms with E-state index >= 15 is 0 Å². The van der Waals surface area contributed by atoms with Crippen LogP contribution in [0, 0.1) is 0 Å². The number of carboxylic acids is 1. The fourth-order valence-electron chi connectivity index (χ4n) is 2.62. The number of hydrogen-bond donors (Lipinski definition) is 3. The number of aliphatic carboxylic acids is 1. The molecule has 164 valence electrons. The summed E-state index contributed by atoms with van der Waals surface area (Å²) in [6, 6.07) is 4.81. The van der Waals surface area contributed by atoms with E-state index in [1.54, 1.807) is 32.9 Å². The lowest BCUT2D eigenvalue weighted by molar-refractivity contribution is -0.143. The summed E-state index contributed by atoms with van der Waals surface area (Å²) in [4.78, 5) is 25.6. The molecule has 3 N–H and O–H groups in total. The van der Waals surface area contributed by atoms with E-state index in [0.29, 0.717) is 18.4 Å². The number of carbonyl (C=O) groups excluding carboxylic acids is 1. The number of unbranched alkanes of at least 4 members (excludes halogenated alkanes) is 2. The smallest absolute Gasteiger partial charge is 0.411 e. The molecule has 9 nitrogen and oxygen atoms in total. The van der Waals surface area contributed by atoms with Crippen molar-refractivity contribution in [2.75, 3.05) is 12.3 Å². The van der Waals surface area contributed by atoms with Gasteiger partial charge in [0.2, 0.25) is 0 Å². The van der Waals surface area contributed by atoms with Crippen LogP contribution in [0.25, 0.3) is 0 Å². The minimum absolute atomic E-state index is 0.0138. The van der Waals surface area contributed by atoms with Crippen LogP contribution in [0.3, 0.4) is 0 Å². The highest BCUT2D eigenvalue weighted by molar-refractivity contribution is 7.85. The number of aromatic hydroxyl groups is 1. The number of rotatable bonds is 10. The van der Waals surface area contributed by atoms with E-state index in [1.807, 2.05) is 0 Å². The molecule has 0 fully saturated rings. The molecule has 1 atom stereocenters. The molecular weight excluding hydrogens is 402 g/mol. The summed E-state index contributed by atoms with van der Waals surface area (Å²) in [5.74, 6) is -1.56. The molecule has 29 heavy (non-hydrogen) atoms. The molecule has 0 bridgehead atoms. The maximum absolute atomic E-state index is 12.6. The van der Waals surface area contributed by atoms with Gasteiger partial charge >= 0.3 is 12.1 Å². The summed E-state index contributed by atoms with van der Waals surface area (Å²) in [6.07, 6.45) is 0.147. The van der Waals surface area contributed by atoms with E-state index < -0.39 is 39.6 Å². The second-order valence-corrected chi connectivity index (χ2v) is 9.32. The summed E-state index contributed by atoms with van der Waals surface area (Å²) in [5.41, 5.74) is -0.197. The van der Waals surface area contributed by atoms with Crippen molar-refractivity contribution in [2.24, 2.45) is 0 Å². The number of carbonyl (C=O) groups is 2. The molecule has 0 aromatic heterocycles. The normalized spacial score (nSPS) is 13.0. The monoisotopic (exact) mass is 431 g/mol. The SMILES string of the molecule is CC(C)(C)OC(=O)N(CCCCCS(=O)(=O)O)[C@@H](Cc1ccc(O)cc1)C(=O)O. The van der Waals surface area contributed by atoms with E-state index in [9.17, 15) is 28.2 Å². The summed E-state index contributed by atoms with van der Waals surface area (Å²) < 4.78 is 35.7. The van der Waals surface area contributed by atoms with Gasteiger partial charge in [0.05, 0.1) is 5.75 Å². The third-order valence-corrected chi connectivity index (χ3v) is 4.76. The Morgan fingerprint density at radius 3 is 2.17 bits per heavy atom. The maximum atomic E-state index is 12.6. The molecule has 1 aromatic carbocycles. The van der Waals surface area contributed by atoms with Gasteiger partial charge in [-0.2, -0.15) is 8.42 Å². The van der Waals surface area contributed by atoms with Crippen molar-refractivity contribution < 1.29 is 37.5 Å². The number of nitrogens with zero attached hydrogens (tertiary/aromatic N) is 1. The lowest BCUT2D eigenvalue weighted by atomic mass is 10.0. The maximum Gasteiger partial charge on any atom is 0.411 e. The van der Waals surface area contributed by atoms with Crippen LogP contribution in [0.1, 0.15) is 45.6 Å². The fraction of sp³-hybridized carbons (Fsp3) is 0.579. The minimum atomic E-state index is -4.06. The quantitative estimate of drug-likeness (QED) is 0.379. The van der Waals surface area contributed by atoms with Gasteiger partial charge < -0.3 is 14.9 Å². The van der Waals surface area contributed by atoms with Crippen LogP contribution in [-0.4, -0.2) is 64.1 Å². The molecular formula is C19H29NO8S. The number of ether oxygens (including phenoxy) is 1. The lowest BCUT2D eigenvalue weighted by Gasteiger charge is -2.31. The van der Waals surface area contributed by atoms with Gasteiger partial charge in [-0.05, 0) is 51.3 Å². The zero-order valence-corrected chi connectivity index (χ0v) is 17.7. The Morgan fingerprint density at radius 1 is 1.10 bits per heavy atom. The van der Waals surface area contributed by atoms with Crippen molar-refractivity contribution in [1.82, 2.24) is 4.90 Å². The van der Waals surface area contributed by atoms with Crippen LogP contribution < -0.4 is 0 Å². The molecule has 1 aromatic rings. The first-order chi connectivity index (χ1) is 13.3. The first-order valence-corrected chi connectivity index (χ1v) is 10.8. The van der Waals surface area contributed by atoms with E-state index in [-0.39, 0.29) is 25.1 Å². The Morgan fingerprint density at radius 2 is 1.69 bits per heavy atom. The van der Waals surface area contributed by atoms with Crippen LogP contribution in [0.5, 0.6) is 5.75 Å². The molecule has 0 radical (unpaired) electrons. The largest absolute Gasteiger partial charge is 0.508 e. The van der Waals surface area contributed by atoms with E-state index in [4.69, 9.17) is 9.29 Å². The van der Waals surface area contributed by atoms with Crippen LogP contribution in [0.15, 0.2) is 24.3 Å². The molecule has 0 unspecified atom stereocenters. The lowest BCUT2D eigenvalue weighted by Crippen LogP contribution is -2.48. The number of amides is 1. The summed E-state index contributed by atoms with van der Waals surface area (Å²) in [5, 5.41) is 19.1. The van der Waals surface area contributed by atoms with Crippen molar-refractivity contribution in [3.63, 3.8) is 0 Å². The van der Waals surface area contributed by atoms with Gasteiger partial charge in [-0.15, -0.1) is 0 Å². The summed E-state index contributed by atoms with van der Waals surface area (Å²) in [7, 11) is -4.06. The van der Waals surface area contributed by atoms with E-state index in [2.05, 4.69) is 0 Å². The van der Waals surface area contributed by atoms with Gasteiger partial charge in [-0.3, -0.25) is 9.45 Å². The second kappa shape index (κ2) is 10.4. The molecule has 0 aliphatic heterocycles. The number of phenols is 1. The van der Waals surface area contributed by atoms with Gasteiger partial charge in [-0.1, -0.05) is 18.6 Å². The third-order valence-electron chi connectivity index (χ3n) is 3.96. The Balaban J connectivity index is 2.93. The Hall–Kier alpha value is -2.33. The van der Waals surface area contributed by atoms with Gasteiger partial charge in [0, 0.05) is 13.0 Å². The van der Waals surface area contributed by atoms with Crippen LogP contribution in [0.2, 0.25) is 0 Å². The highest BCUT2D eigenvalue weighted by Gasteiger charge is 2.32. The molecule has 0 spiro atoms. The zero-order chi connectivity index (χ0) is 22.2. The molecule has 1 amide bonds. The zero-order valence-electron chi connectivity index (χ0n) is 16.9. The molecule has 0 saturated heterocycles. The van der Waals surface area contributed by atoms with Crippen molar-refractivity contribution in [2.45, 2.75) is 58.1 Å². The fourth-order valence-corrected chi connectivity index (χ4v) is 3.19. The summed E-state index contributed by atoms with van der Waals surface area (Å²) >= 11 is 0. The first-order valence-electron chi connectivity index (χ1n) is 9.24. The first kappa shape index (κ1) is 24.7. The Labute approximate surface area is 171 Å². The van der Waals surface area contributed by atoms with Crippen molar-refractivity contribution >= 4 is 22.2 Å². The predicted octanol–water partition coefficient (Wildman–Crippen LogP) is 2.68. The molecule has 0 aliphatic rings. The molecule has 1 rings (SSSR count). The number of benzene rings is 1. The molecule has 0 aliphatic carbocycles. The van der Waals surface area contributed by atoms with Crippen LogP contribution >= 0.6 is 0 Å². The average Bonchev–Trinajstić information content (AvgIpc) is 2.55. The van der Waals surface area contributed by atoms with Gasteiger partial charge in [0.15, 0.2) is 0 Å². The van der Waals surface area contributed by atoms with Crippen molar-refractivity contribution in [3.05, 3.63) is 29.8 Å². The van der Waals surface area contributed by atoms with Crippen LogP contribution in [0.4, 0.5) is 4.79 Å². The van der Waals surface area contributed by atoms with E-state index in [0.717, 1.165) is 4.90 Å². The van der Waals surface area contributed by atoms with Crippen molar-refractivity contribution in [1.29, 1.82) is 0 Å². The molecule has 0 saturated carbocycles. The topological polar surface area (TPSA) is 141 Å². The van der Waals surface area contributed by atoms with E-state index in [1.165, 1.54) is 12.1 Å². The average molecular weight is 432 g/mol. The number of carboxylic acid groups (broad SMARTS) is 1. The minimum Gasteiger partial charge on any atom is -0.508 e. The molecule has 10 heteroatoms. The van der Waals surface area contributed by atoms with Crippen LogP contribution in [-0.2, 0) is 26.1 Å². The highest BCUT2D eigenvalue weighted by atomic mass is 32.2. The third kappa shape index (κ3) is 10.1. The highest BCUT2D eigenvalue weighted by Crippen LogP contribution is 2.18. The molecule has 0 heterocycles. The summed E-state index contributed by atoms with van der Waals surface area (Å²) in [6.45, 7) is 5.07. The Kier molecular flexibility index (Phi) is 8.90. The van der Waals surface area contributed by atoms with Crippen molar-refractivity contribution in [3.8, 4) is 5.75 Å².